The van der Waals surface area contributed by atoms with Crippen molar-refractivity contribution in [2.45, 2.75) is 39.2 Å². The first-order chi connectivity index (χ1) is 5.70. The molecule has 1 atom stereocenters. The molecule has 1 unspecified atom stereocenters. The third kappa shape index (κ3) is 3.36. The van der Waals surface area contributed by atoms with Crippen LogP contribution in [-0.4, -0.2) is 22.7 Å². The highest BCUT2D eigenvalue weighted by molar-refractivity contribution is 7.99. The molecule has 72 valence electrons. The summed E-state index contributed by atoms with van der Waals surface area (Å²) in [6, 6.07) is 0. The van der Waals surface area contributed by atoms with Crippen LogP contribution < -0.4 is 0 Å². The molecule has 1 aliphatic carbocycles. The maximum Gasteiger partial charge on any atom is 0.0658 e. The summed E-state index contributed by atoms with van der Waals surface area (Å²) in [6.45, 7) is 4.45. The quantitative estimate of drug-likeness (QED) is 0.715. The standard InChI is InChI=1S/C10H20OS/c1-8(2)6-12-7-10(11)9-4-3-5-9/h8-11H,3-7H2,1-2H3. The molecule has 0 amide bonds. The van der Waals surface area contributed by atoms with Gasteiger partial charge in [0.15, 0.2) is 0 Å². The van der Waals surface area contributed by atoms with Gasteiger partial charge in [0.1, 0.15) is 0 Å². The summed E-state index contributed by atoms with van der Waals surface area (Å²) in [5.74, 6) is 3.51. The van der Waals surface area contributed by atoms with Crippen molar-refractivity contribution in [2.24, 2.45) is 11.8 Å². The van der Waals surface area contributed by atoms with Crippen molar-refractivity contribution < 1.29 is 5.11 Å². The topological polar surface area (TPSA) is 20.2 Å². The van der Waals surface area contributed by atoms with Gasteiger partial charge in [-0.3, -0.25) is 0 Å². The van der Waals surface area contributed by atoms with Crippen LogP contribution in [0.4, 0.5) is 0 Å². The van der Waals surface area contributed by atoms with Crippen LogP contribution in [0, 0.1) is 11.8 Å². The van der Waals surface area contributed by atoms with E-state index in [0.29, 0.717) is 5.92 Å². The number of aliphatic hydroxyl groups excluding tert-OH is 1. The largest absolute Gasteiger partial charge is 0.392 e. The van der Waals surface area contributed by atoms with Gasteiger partial charge in [-0.05, 0) is 30.4 Å². The molecule has 0 radical (unpaired) electrons. The fourth-order valence-electron chi connectivity index (χ4n) is 1.39. The second-order valence-corrected chi connectivity index (χ2v) is 5.26. The molecule has 2 heteroatoms. The lowest BCUT2D eigenvalue weighted by Gasteiger charge is -2.30. The Morgan fingerprint density at radius 3 is 2.42 bits per heavy atom. The molecular weight excluding hydrogens is 168 g/mol. The van der Waals surface area contributed by atoms with Gasteiger partial charge in [0.05, 0.1) is 6.10 Å². The fourth-order valence-corrected chi connectivity index (χ4v) is 2.51. The van der Waals surface area contributed by atoms with Crippen molar-refractivity contribution in [1.82, 2.24) is 0 Å². The molecule has 0 heterocycles. The summed E-state index contributed by atoms with van der Waals surface area (Å²) >= 11 is 1.90. The smallest absolute Gasteiger partial charge is 0.0658 e. The van der Waals surface area contributed by atoms with Crippen molar-refractivity contribution in [3.8, 4) is 0 Å². The highest BCUT2D eigenvalue weighted by Gasteiger charge is 2.25. The first-order valence-corrected chi connectivity index (χ1v) is 6.11. The zero-order chi connectivity index (χ0) is 8.97. The Bertz CT molecular complexity index is 121. The predicted molar refractivity (Wildman–Crippen MR) is 55.5 cm³/mol. The summed E-state index contributed by atoms with van der Waals surface area (Å²) in [7, 11) is 0. The van der Waals surface area contributed by atoms with Gasteiger partial charge < -0.3 is 5.11 Å². The molecule has 12 heavy (non-hydrogen) atoms. The third-order valence-corrected chi connectivity index (χ3v) is 3.91. The summed E-state index contributed by atoms with van der Waals surface area (Å²) in [5.41, 5.74) is 0. The van der Waals surface area contributed by atoms with Crippen LogP contribution in [0.1, 0.15) is 33.1 Å². The number of hydrogen-bond donors (Lipinski definition) is 1. The molecule has 1 nitrogen and oxygen atoms in total. The maximum atomic E-state index is 9.66. The van der Waals surface area contributed by atoms with Crippen molar-refractivity contribution in [1.29, 1.82) is 0 Å². The Morgan fingerprint density at radius 1 is 1.33 bits per heavy atom. The molecule has 0 aliphatic heterocycles. The van der Waals surface area contributed by atoms with E-state index in [1.54, 1.807) is 0 Å². The minimum atomic E-state index is -0.0255. The van der Waals surface area contributed by atoms with Gasteiger partial charge in [-0.1, -0.05) is 20.3 Å². The highest BCUT2D eigenvalue weighted by Crippen LogP contribution is 2.31. The first kappa shape index (κ1) is 10.4. The summed E-state index contributed by atoms with van der Waals surface area (Å²) < 4.78 is 0. The molecule has 0 aromatic rings. The lowest BCUT2D eigenvalue weighted by molar-refractivity contribution is 0.0817. The van der Waals surface area contributed by atoms with E-state index >= 15 is 0 Å². The monoisotopic (exact) mass is 188 g/mol. The van der Waals surface area contributed by atoms with Gasteiger partial charge in [0.25, 0.3) is 0 Å². The van der Waals surface area contributed by atoms with Crippen LogP contribution in [-0.2, 0) is 0 Å². The van der Waals surface area contributed by atoms with Crippen LogP contribution >= 0.6 is 11.8 Å². The number of rotatable bonds is 5. The van der Waals surface area contributed by atoms with E-state index < -0.39 is 0 Å². The lowest BCUT2D eigenvalue weighted by atomic mass is 9.82. The molecule has 0 spiro atoms. The van der Waals surface area contributed by atoms with Crippen molar-refractivity contribution in [2.75, 3.05) is 11.5 Å². The van der Waals surface area contributed by atoms with E-state index in [0.717, 1.165) is 11.7 Å². The minimum Gasteiger partial charge on any atom is -0.392 e. The predicted octanol–water partition coefficient (Wildman–Crippen LogP) is 2.54. The van der Waals surface area contributed by atoms with E-state index in [1.807, 2.05) is 11.8 Å². The van der Waals surface area contributed by atoms with Gasteiger partial charge >= 0.3 is 0 Å². The molecule has 1 rings (SSSR count). The molecule has 0 aromatic heterocycles. The Kier molecular flexibility index (Phi) is 4.44. The molecule has 1 N–H and O–H groups in total. The van der Waals surface area contributed by atoms with Crippen molar-refractivity contribution >= 4 is 11.8 Å². The molecule has 1 aliphatic rings. The average molecular weight is 188 g/mol. The third-order valence-electron chi connectivity index (χ3n) is 2.43. The molecular formula is C10H20OS. The Balaban J connectivity index is 1.98. The minimum absolute atomic E-state index is 0.0255. The highest BCUT2D eigenvalue weighted by atomic mass is 32.2. The molecule has 1 saturated carbocycles. The van der Waals surface area contributed by atoms with E-state index in [2.05, 4.69) is 13.8 Å². The summed E-state index contributed by atoms with van der Waals surface area (Å²) in [5, 5.41) is 9.66. The van der Waals surface area contributed by atoms with Crippen LogP contribution in [0.5, 0.6) is 0 Å². The van der Waals surface area contributed by atoms with E-state index in [-0.39, 0.29) is 6.10 Å². The van der Waals surface area contributed by atoms with Crippen LogP contribution in [0.25, 0.3) is 0 Å². The van der Waals surface area contributed by atoms with E-state index in [4.69, 9.17) is 0 Å². The number of thioether (sulfide) groups is 1. The maximum absolute atomic E-state index is 9.66. The van der Waals surface area contributed by atoms with Crippen LogP contribution in [0.2, 0.25) is 0 Å². The zero-order valence-electron chi connectivity index (χ0n) is 8.12. The average Bonchev–Trinajstić information content (AvgIpc) is 1.81. The zero-order valence-corrected chi connectivity index (χ0v) is 8.94. The van der Waals surface area contributed by atoms with Gasteiger partial charge in [-0.2, -0.15) is 11.8 Å². The molecule has 0 bridgehead atoms. The second kappa shape index (κ2) is 5.13. The van der Waals surface area contributed by atoms with Crippen molar-refractivity contribution in [3.05, 3.63) is 0 Å². The van der Waals surface area contributed by atoms with Crippen LogP contribution in [0.3, 0.4) is 0 Å². The summed E-state index contributed by atoms with van der Waals surface area (Å²) in [4.78, 5) is 0. The Hall–Kier alpha value is 0.310. The Morgan fingerprint density at radius 2 is 2.00 bits per heavy atom. The molecule has 1 fully saturated rings. The van der Waals surface area contributed by atoms with Gasteiger partial charge in [-0.25, -0.2) is 0 Å². The fraction of sp³-hybridized carbons (Fsp3) is 1.00. The lowest BCUT2D eigenvalue weighted by Crippen LogP contribution is -2.28. The van der Waals surface area contributed by atoms with E-state index in [9.17, 15) is 5.11 Å². The van der Waals surface area contributed by atoms with Crippen LogP contribution in [0.15, 0.2) is 0 Å². The normalized spacial score (nSPS) is 21.0. The van der Waals surface area contributed by atoms with Gasteiger partial charge in [0, 0.05) is 5.75 Å². The first-order valence-electron chi connectivity index (χ1n) is 4.96. The molecule has 0 saturated heterocycles. The van der Waals surface area contributed by atoms with Crippen molar-refractivity contribution in [3.63, 3.8) is 0 Å². The molecule has 0 aromatic carbocycles. The van der Waals surface area contributed by atoms with E-state index in [1.165, 1.54) is 25.0 Å². The Labute approximate surface area is 79.9 Å². The SMILES string of the molecule is CC(C)CSCC(O)C1CCC1. The van der Waals surface area contributed by atoms with Gasteiger partial charge in [0.2, 0.25) is 0 Å². The second-order valence-electron chi connectivity index (χ2n) is 4.19. The van der Waals surface area contributed by atoms with Gasteiger partial charge in [-0.15, -0.1) is 0 Å². The number of hydrogen-bond acceptors (Lipinski definition) is 2. The number of aliphatic hydroxyl groups is 1. The summed E-state index contributed by atoms with van der Waals surface area (Å²) in [6.07, 6.45) is 3.81.